The summed E-state index contributed by atoms with van der Waals surface area (Å²) in [5, 5.41) is 23.4. The SMILES string of the molecule is CCCCCCCCCCCCCCCCCCCCCC(=O)OCCCCCCCCCCCCCCCCCCCCCCCCCCCCCC(=O)NC(CO)C(O)CCCCCCCCCCCCCCCCCCC. The van der Waals surface area contributed by atoms with Crippen LogP contribution in [0, 0.1) is 0 Å². The molecule has 0 aromatic carbocycles. The summed E-state index contributed by atoms with van der Waals surface area (Å²) in [5.74, 6) is -0.00308. The Bertz CT molecular complexity index is 1160. The molecular formula is C74H147NO5. The van der Waals surface area contributed by atoms with Crippen LogP contribution in [0.5, 0.6) is 0 Å². The number of carbonyl (C=O) groups excluding carboxylic acids is 2. The lowest BCUT2D eigenvalue weighted by molar-refractivity contribution is -0.143. The van der Waals surface area contributed by atoms with E-state index in [0.717, 1.165) is 38.5 Å². The van der Waals surface area contributed by atoms with Gasteiger partial charge in [-0.1, -0.05) is 399 Å². The van der Waals surface area contributed by atoms with Crippen LogP contribution >= 0.6 is 0 Å². The first-order valence-electron chi connectivity index (χ1n) is 37.3. The minimum Gasteiger partial charge on any atom is -0.466 e. The van der Waals surface area contributed by atoms with Crippen molar-refractivity contribution >= 4 is 11.9 Å². The number of aliphatic hydroxyl groups excluding tert-OH is 2. The number of rotatable bonds is 71. The Balaban J connectivity index is 3.31. The monoisotopic (exact) mass is 1130 g/mol. The van der Waals surface area contributed by atoms with E-state index in [1.165, 1.54) is 366 Å². The van der Waals surface area contributed by atoms with Crippen LogP contribution in [0.15, 0.2) is 0 Å². The Kier molecular flexibility index (Phi) is 69.3. The van der Waals surface area contributed by atoms with E-state index in [-0.39, 0.29) is 18.5 Å². The number of hydrogen-bond donors (Lipinski definition) is 3. The van der Waals surface area contributed by atoms with Crippen LogP contribution in [0.3, 0.4) is 0 Å². The maximum Gasteiger partial charge on any atom is 0.305 e. The zero-order chi connectivity index (χ0) is 57.8. The molecule has 0 spiro atoms. The average Bonchev–Trinajstić information content (AvgIpc) is 3.46. The number of esters is 1. The van der Waals surface area contributed by atoms with E-state index < -0.39 is 12.1 Å². The lowest BCUT2D eigenvalue weighted by Gasteiger charge is -2.22. The van der Waals surface area contributed by atoms with Gasteiger partial charge in [0.05, 0.1) is 25.4 Å². The van der Waals surface area contributed by atoms with E-state index in [2.05, 4.69) is 19.2 Å². The van der Waals surface area contributed by atoms with Gasteiger partial charge in [0.1, 0.15) is 0 Å². The van der Waals surface area contributed by atoms with E-state index in [4.69, 9.17) is 4.74 Å². The summed E-state index contributed by atoms with van der Waals surface area (Å²) in [6, 6.07) is -0.539. The van der Waals surface area contributed by atoms with E-state index >= 15 is 0 Å². The normalized spacial score (nSPS) is 12.4. The van der Waals surface area contributed by atoms with Crippen molar-refractivity contribution in [3.63, 3.8) is 0 Å². The molecule has 2 unspecified atom stereocenters. The van der Waals surface area contributed by atoms with Crippen LogP contribution in [0.25, 0.3) is 0 Å². The van der Waals surface area contributed by atoms with Crippen molar-refractivity contribution in [3.05, 3.63) is 0 Å². The van der Waals surface area contributed by atoms with Crippen molar-refractivity contribution in [2.45, 2.75) is 450 Å². The minimum atomic E-state index is -0.662. The van der Waals surface area contributed by atoms with Crippen molar-refractivity contribution in [1.82, 2.24) is 5.32 Å². The Labute approximate surface area is 502 Å². The maximum atomic E-state index is 12.5. The first-order valence-corrected chi connectivity index (χ1v) is 37.3. The molecule has 80 heavy (non-hydrogen) atoms. The standard InChI is InChI=1S/C74H147NO5/c1-3-5-7-9-11-13-15-17-19-21-31-36-40-44-48-52-56-60-64-68-74(79)80-69-65-61-57-53-49-45-41-37-33-30-28-26-24-22-23-25-27-29-32-35-39-43-47-51-55-59-63-67-73(78)75-71(70-76)72(77)66-62-58-54-50-46-42-38-34-20-18-16-14-12-10-8-6-4-2/h71-72,76-77H,3-70H2,1-2H3,(H,75,78). The molecule has 6 heteroatoms. The second-order valence-electron chi connectivity index (χ2n) is 26.0. The third-order valence-corrected chi connectivity index (χ3v) is 17.9. The number of amides is 1. The van der Waals surface area contributed by atoms with Crippen molar-refractivity contribution in [2.75, 3.05) is 13.2 Å². The van der Waals surface area contributed by atoms with Gasteiger partial charge in [-0.05, 0) is 25.7 Å². The fraction of sp³-hybridized carbons (Fsp3) is 0.973. The molecule has 478 valence electrons. The summed E-state index contributed by atoms with van der Waals surface area (Å²) < 4.78 is 5.52. The Morgan fingerprint density at radius 1 is 0.300 bits per heavy atom. The van der Waals surface area contributed by atoms with Gasteiger partial charge < -0.3 is 20.3 Å². The highest BCUT2D eigenvalue weighted by atomic mass is 16.5. The first kappa shape index (κ1) is 78.9. The van der Waals surface area contributed by atoms with Crippen molar-refractivity contribution in [1.29, 1.82) is 0 Å². The molecule has 0 heterocycles. The summed E-state index contributed by atoms with van der Waals surface area (Å²) >= 11 is 0. The molecule has 3 N–H and O–H groups in total. The lowest BCUT2D eigenvalue weighted by atomic mass is 10.0. The van der Waals surface area contributed by atoms with Crippen molar-refractivity contribution in [2.24, 2.45) is 0 Å². The molecule has 0 aliphatic carbocycles. The zero-order valence-corrected chi connectivity index (χ0v) is 54.9. The third-order valence-electron chi connectivity index (χ3n) is 17.9. The molecule has 6 nitrogen and oxygen atoms in total. The highest BCUT2D eigenvalue weighted by molar-refractivity contribution is 5.76. The van der Waals surface area contributed by atoms with Crippen LogP contribution in [0.4, 0.5) is 0 Å². The Morgan fingerprint density at radius 2 is 0.512 bits per heavy atom. The highest BCUT2D eigenvalue weighted by Crippen LogP contribution is 2.20. The molecule has 0 aliphatic rings. The van der Waals surface area contributed by atoms with Crippen LogP contribution < -0.4 is 5.32 Å². The molecule has 0 aromatic rings. The molecule has 0 radical (unpaired) electrons. The van der Waals surface area contributed by atoms with E-state index in [9.17, 15) is 19.8 Å². The zero-order valence-electron chi connectivity index (χ0n) is 54.9. The predicted molar refractivity (Wildman–Crippen MR) is 352 cm³/mol. The molecule has 0 saturated carbocycles. The molecule has 0 fully saturated rings. The number of unbranched alkanes of at least 4 members (excludes halogenated alkanes) is 60. The summed E-state index contributed by atoms with van der Waals surface area (Å²) in [4.78, 5) is 24.7. The second kappa shape index (κ2) is 70.3. The number of aliphatic hydroxyl groups is 2. The summed E-state index contributed by atoms with van der Waals surface area (Å²) in [6.07, 6.45) is 86.0. The van der Waals surface area contributed by atoms with Gasteiger partial charge in [0.25, 0.3) is 0 Å². The van der Waals surface area contributed by atoms with Gasteiger partial charge in [-0.25, -0.2) is 0 Å². The molecule has 2 atom stereocenters. The summed E-state index contributed by atoms with van der Waals surface area (Å²) in [7, 11) is 0. The van der Waals surface area contributed by atoms with Crippen molar-refractivity contribution in [3.8, 4) is 0 Å². The number of ether oxygens (including phenoxy) is 1. The summed E-state index contributed by atoms with van der Waals surface area (Å²) in [5.41, 5.74) is 0. The van der Waals surface area contributed by atoms with Crippen LogP contribution in [0.1, 0.15) is 438 Å². The highest BCUT2D eigenvalue weighted by Gasteiger charge is 2.20. The van der Waals surface area contributed by atoms with E-state index in [1.54, 1.807) is 0 Å². The lowest BCUT2D eigenvalue weighted by Crippen LogP contribution is -2.45. The molecule has 0 rings (SSSR count). The minimum absolute atomic E-state index is 0.0244. The smallest absolute Gasteiger partial charge is 0.305 e. The molecule has 0 bridgehead atoms. The quantitative estimate of drug-likeness (QED) is 0.0417. The maximum absolute atomic E-state index is 12.5. The van der Waals surface area contributed by atoms with Crippen molar-refractivity contribution < 1.29 is 24.5 Å². The van der Waals surface area contributed by atoms with Crippen LogP contribution in [-0.4, -0.2) is 47.4 Å². The number of hydrogen-bond acceptors (Lipinski definition) is 5. The Morgan fingerprint density at radius 3 is 0.762 bits per heavy atom. The second-order valence-corrected chi connectivity index (χ2v) is 26.0. The molecule has 1 amide bonds. The van der Waals surface area contributed by atoms with Gasteiger partial charge >= 0.3 is 5.97 Å². The van der Waals surface area contributed by atoms with Crippen LogP contribution in [0.2, 0.25) is 0 Å². The topological polar surface area (TPSA) is 95.9 Å². The molecule has 0 saturated heterocycles. The fourth-order valence-corrected chi connectivity index (χ4v) is 12.2. The van der Waals surface area contributed by atoms with Gasteiger partial charge in [-0.15, -0.1) is 0 Å². The number of nitrogens with one attached hydrogen (secondary N) is 1. The molecular weight excluding hydrogens is 983 g/mol. The fourth-order valence-electron chi connectivity index (χ4n) is 12.2. The van der Waals surface area contributed by atoms with E-state index in [1.807, 2.05) is 0 Å². The van der Waals surface area contributed by atoms with Gasteiger partial charge in [-0.3, -0.25) is 9.59 Å². The number of carbonyl (C=O) groups is 2. The first-order chi connectivity index (χ1) is 39.5. The molecule has 0 aliphatic heterocycles. The van der Waals surface area contributed by atoms with Gasteiger partial charge in [-0.2, -0.15) is 0 Å². The van der Waals surface area contributed by atoms with Crippen LogP contribution in [-0.2, 0) is 14.3 Å². The van der Waals surface area contributed by atoms with Gasteiger partial charge in [0.15, 0.2) is 0 Å². The molecule has 0 aromatic heterocycles. The third kappa shape index (κ3) is 66.0. The average molecular weight is 1130 g/mol. The van der Waals surface area contributed by atoms with Gasteiger partial charge in [0, 0.05) is 12.8 Å². The largest absolute Gasteiger partial charge is 0.466 e. The predicted octanol–water partition coefficient (Wildman–Crippen LogP) is 24.2. The van der Waals surface area contributed by atoms with Gasteiger partial charge in [0.2, 0.25) is 5.91 Å². The Hall–Kier alpha value is -1.14. The summed E-state index contributed by atoms with van der Waals surface area (Å²) in [6.45, 7) is 5.01. The van der Waals surface area contributed by atoms with E-state index in [0.29, 0.717) is 25.9 Å².